The van der Waals surface area contributed by atoms with E-state index >= 15 is 0 Å². The van der Waals surface area contributed by atoms with Crippen LogP contribution < -0.4 is 5.32 Å². The van der Waals surface area contributed by atoms with Crippen LogP contribution in [0.2, 0.25) is 0 Å². The van der Waals surface area contributed by atoms with Gasteiger partial charge in [-0.25, -0.2) is 4.39 Å². The van der Waals surface area contributed by atoms with Gasteiger partial charge >= 0.3 is 0 Å². The summed E-state index contributed by atoms with van der Waals surface area (Å²) in [6, 6.07) is 4.64. The van der Waals surface area contributed by atoms with Crippen LogP contribution in [0.5, 0.6) is 0 Å². The molecule has 21 heavy (non-hydrogen) atoms. The van der Waals surface area contributed by atoms with Crippen LogP contribution in [-0.2, 0) is 4.79 Å². The van der Waals surface area contributed by atoms with Crippen LogP contribution in [0, 0.1) is 12.7 Å². The van der Waals surface area contributed by atoms with E-state index in [9.17, 15) is 9.18 Å². The zero-order valence-corrected chi connectivity index (χ0v) is 13.0. The summed E-state index contributed by atoms with van der Waals surface area (Å²) in [5.74, 6) is -0.342. The van der Waals surface area contributed by atoms with Crippen molar-refractivity contribution < 1.29 is 9.18 Å². The first kappa shape index (κ1) is 16.0. The maximum absolute atomic E-state index is 13.5. The highest BCUT2D eigenvalue weighted by atomic mass is 19.1. The van der Waals surface area contributed by atoms with Crippen molar-refractivity contribution in [3.8, 4) is 0 Å². The van der Waals surface area contributed by atoms with E-state index in [0.717, 1.165) is 25.9 Å². The summed E-state index contributed by atoms with van der Waals surface area (Å²) in [6.45, 7) is 5.58. The Morgan fingerprint density at radius 3 is 2.43 bits per heavy atom. The summed E-state index contributed by atoms with van der Waals surface area (Å²) in [5.41, 5.74) is 1.12. The monoisotopic (exact) mass is 292 g/mol. The predicted molar refractivity (Wildman–Crippen MR) is 83.9 cm³/mol. The molecule has 0 radical (unpaired) electrons. The van der Waals surface area contributed by atoms with Gasteiger partial charge in [0.05, 0.1) is 6.04 Å². The van der Waals surface area contributed by atoms with Gasteiger partial charge in [0.1, 0.15) is 5.82 Å². The number of nitrogens with zero attached hydrogens (tertiary/aromatic N) is 1. The fourth-order valence-corrected chi connectivity index (χ4v) is 2.74. The standard InChI is InChI=1S/C17H25FN2O/c1-13-8-9-15(12-16(13)18)19-17(21)14(2)20-10-6-4-3-5-7-11-20/h8-9,12,14H,3-7,10-11H2,1-2H3,(H,19,21)/t14-/m1/s1. The molecule has 1 amide bonds. The topological polar surface area (TPSA) is 32.3 Å². The lowest BCUT2D eigenvalue weighted by Crippen LogP contribution is -2.43. The number of carbonyl (C=O) groups excluding carboxylic acids is 1. The van der Waals surface area contributed by atoms with E-state index in [1.807, 2.05) is 6.92 Å². The van der Waals surface area contributed by atoms with Crippen molar-refractivity contribution in [1.82, 2.24) is 4.90 Å². The second-order valence-corrected chi connectivity index (χ2v) is 5.93. The molecule has 1 heterocycles. The molecule has 1 N–H and O–H groups in total. The van der Waals surface area contributed by atoms with Crippen LogP contribution in [0.1, 0.15) is 44.6 Å². The van der Waals surface area contributed by atoms with Gasteiger partial charge in [-0.05, 0) is 57.5 Å². The summed E-state index contributed by atoms with van der Waals surface area (Å²) in [4.78, 5) is 14.6. The summed E-state index contributed by atoms with van der Waals surface area (Å²) >= 11 is 0. The Balaban J connectivity index is 1.95. The van der Waals surface area contributed by atoms with E-state index in [1.54, 1.807) is 19.1 Å². The third-order valence-electron chi connectivity index (χ3n) is 4.26. The van der Waals surface area contributed by atoms with Gasteiger partial charge in [-0.1, -0.05) is 25.3 Å². The molecule has 1 saturated heterocycles. The largest absolute Gasteiger partial charge is 0.325 e. The van der Waals surface area contributed by atoms with E-state index in [2.05, 4.69) is 10.2 Å². The average Bonchev–Trinajstić information content (AvgIpc) is 2.42. The molecule has 0 bridgehead atoms. The second-order valence-electron chi connectivity index (χ2n) is 5.93. The molecule has 116 valence electrons. The van der Waals surface area contributed by atoms with Gasteiger partial charge in [0, 0.05) is 5.69 Å². The Labute approximate surface area is 126 Å². The maximum atomic E-state index is 13.5. The van der Waals surface area contributed by atoms with Crippen molar-refractivity contribution in [2.24, 2.45) is 0 Å². The molecule has 3 nitrogen and oxygen atoms in total. The minimum atomic E-state index is -0.285. The van der Waals surface area contributed by atoms with Crippen LogP contribution in [0.25, 0.3) is 0 Å². The average molecular weight is 292 g/mol. The van der Waals surface area contributed by atoms with Gasteiger partial charge < -0.3 is 5.32 Å². The lowest BCUT2D eigenvalue weighted by molar-refractivity contribution is -0.120. The molecule has 1 aromatic carbocycles. The van der Waals surface area contributed by atoms with Crippen molar-refractivity contribution in [1.29, 1.82) is 0 Å². The first-order valence-corrected chi connectivity index (χ1v) is 7.89. The highest BCUT2D eigenvalue weighted by molar-refractivity contribution is 5.94. The number of anilines is 1. The smallest absolute Gasteiger partial charge is 0.241 e. The number of amides is 1. The second kappa shape index (κ2) is 7.55. The van der Waals surface area contributed by atoms with Crippen molar-refractivity contribution in [2.75, 3.05) is 18.4 Å². The predicted octanol–water partition coefficient (Wildman–Crippen LogP) is 3.73. The number of hydrogen-bond acceptors (Lipinski definition) is 2. The summed E-state index contributed by atoms with van der Waals surface area (Å²) in [7, 11) is 0. The van der Waals surface area contributed by atoms with Gasteiger partial charge in [0.25, 0.3) is 0 Å². The van der Waals surface area contributed by atoms with Gasteiger partial charge in [0.15, 0.2) is 0 Å². The minimum absolute atomic E-state index is 0.0566. The van der Waals surface area contributed by atoms with Crippen LogP contribution >= 0.6 is 0 Å². The number of halogens is 1. The zero-order valence-electron chi connectivity index (χ0n) is 13.0. The first-order chi connectivity index (χ1) is 10.1. The Morgan fingerprint density at radius 1 is 1.19 bits per heavy atom. The van der Waals surface area contributed by atoms with E-state index in [-0.39, 0.29) is 17.8 Å². The van der Waals surface area contributed by atoms with E-state index in [0.29, 0.717) is 11.3 Å². The SMILES string of the molecule is Cc1ccc(NC(=O)[C@@H](C)N2CCCCCCC2)cc1F. The molecule has 0 spiro atoms. The van der Waals surface area contributed by atoms with Gasteiger partial charge in [-0.3, -0.25) is 9.69 Å². The van der Waals surface area contributed by atoms with Gasteiger partial charge in [-0.15, -0.1) is 0 Å². The van der Waals surface area contributed by atoms with E-state index < -0.39 is 0 Å². The molecule has 0 aliphatic carbocycles. The molecule has 1 aliphatic rings. The minimum Gasteiger partial charge on any atom is -0.325 e. The highest BCUT2D eigenvalue weighted by Gasteiger charge is 2.21. The van der Waals surface area contributed by atoms with Crippen molar-refractivity contribution in [3.05, 3.63) is 29.6 Å². The van der Waals surface area contributed by atoms with Crippen molar-refractivity contribution >= 4 is 11.6 Å². The van der Waals surface area contributed by atoms with E-state index in [4.69, 9.17) is 0 Å². The summed E-state index contributed by atoms with van der Waals surface area (Å²) < 4.78 is 13.5. The quantitative estimate of drug-likeness (QED) is 0.920. The number of benzene rings is 1. The third kappa shape index (κ3) is 4.53. The molecule has 1 atom stereocenters. The fourth-order valence-electron chi connectivity index (χ4n) is 2.74. The summed E-state index contributed by atoms with van der Waals surface area (Å²) in [5, 5.41) is 2.82. The van der Waals surface area contributed by atoms with Gasteiger partial charge in [0.2, 0.25) is 5.91 Å². The molecule has 0 unspecified atom stereocenters. The maximum Gasteiger partial charge on any atom is 0.241 e. The fraction of sp³-hybridized carbons (Fsp3) is 0.588. The van der Waals surface area contributed by atoms with Crippen LogP contribution in [0.15, 0.2) is 18.2 Å². The molecule has 2 rings (SSSR count). The van der Waals surface area contributed by atoms with Crippen LogP contribution in [0.4, 0.5) is 10.1 Å². The molecule has 0 saturated carbocycles. The van der Waals surface area contributed by atoms with Crippen molar-refractivity contribution in [3.63, 3.8) is 0 Å². The molecule has 4 heteroatoms. The molecular weight excluding hydrogens is 267 g/mol. The van der Waals surface area contributed by atoms with E-state index in [1.165, 1.54) is 25.3 Å². The molecule has 1 fully saturated rings. The molecule has 1 aromatic rings. The van der Waals surface area contributed by atoms with Crippen LogP contribution in [-0.4, -0.2) is 29.9 Å². The molecule has 1 aliphatic heterocycles. The Morgan fingerprint density at radius 2 is 1.81 bits per heavy atom. The van der Waals surface area contributed by atoms with Crippen molar-refractivity contribution in [2.45, 2.75) is 52.0 Å². The lowest BCUT2D eigenvalue weighted by Gasteiger charge is -2.29. The third-order valence-corrected chi connectivity index (χ3v) is 4.26. The number of rotatable bonds is 3. The number of nitrogens with one attached hydrogen (secondary N) is 1. The Hall–Kier alpha value is -1.42. The molecule has 0 aromatic heterocycles. The number of likely N-dealkylation sites (tertiary alicyclic amines) is 1. The van der Waals surface area contributed by atoms with Gasteiger partial charge in [-0.2, -0.15) is 0 Å². The lowest BCUT2D eigenvalue weighted by atomic mass is 10.1. The normalized spacial score (nSPS) is 18.6. The Bertz CT molecular complexity index is 482. The molecular formula is C17H25FN2O. The number of carbonyl (C=O) groups is 1. The highest BCUT2D eigenvalue weighted by Crippen LogP contribution is 2.16. The number of hydrogen-bond donors (Lipinski definition) is 1. The summed E-state index contributed by atoms with van der Waals surface area (Å²) in [6.07, 6.45) is 6.09. The Kier molecular flexibility index (Phi) is 5.74. The first-order valence-electron chi connectivity index (χ1n) is 7.89. The van der Waals surface area contributed by atoms with Crippen LogP contribution in [0.3, 0.4) is 0 Å². The number of aryl methyl sites for hydroxylation is 1. The zero-order chi connectivity index (χ0) is 15.2.